The molecule has 3 aromatic rings. The van der Waals surface area contributed by atoms with Crippen LogP contribution in [0.1, 0.15) is 31.9 Å². The fourth-order valence-corrected chi connectivity index (χ4v) is 5.55. The van der Waals surface area contributed by atoms with Crippen LogP contribution in [0.25, 0.3) is 0 Å². The highest BCUT2D eigenvalue weighted by molar-refractivity contribution is 7.89. The molecule has 1 aliphatic heterocycles. The maximum atomic E-state index is 13.4. The SMILES string of the molecule is CC(C)CN(OC(=O)NC(Cc1ccc(OCCc2ccccc2)cc1)C(C)O)S(=O)(=O)c1ccc2c(c1)OCO2. The fourth-order valence-electron chi connectivity index (χ4n) is 4.16. The van der Waals surface area contributed by atoms with E-state index in [-0.39, 0.29) is 30.6 Å². The van der Waals surface area contributed by atoms with Gasteiger partial charge in [0.1, 0.15) is 5.75 Å². The normalized spacial score (nSPS) is 14.1. The molecule has 11 heteroatoms. The number of nitrogens with one attached hydrogen (secondary N) is 1. The Bertz CT molecular complexity index is 1400. The van der Waals surface area contributed by atoms with Crippen LogP contribution in [0.15, 0.2) is 77.7 Å². The summed E-state index contributed by atoms with van der Waals surface area (Å²) in [7, 11) is -4.22. The highest BCUT2D eigenvalue weighted by Gasteiger charge is 2.32. The van der Waals surface area contributed by atoms with Gasteiger partial charge in [0.2, 0.25) is 6.79 Å². The molecule has 0 saturated heterocycles. The zero-order chi connectivity index (χ0) is 29.4. The molecule has 4 rings (SSSR count). The molecule has 0 fully saturated rings. The summed E-state index contributed by atoms with van der Waals surface area (Å²) >= 11 is 0. The number of sulfonamides is 1. The van der Waals surface area contributed by atoms with Crippen LogP contribution in [0.4, 0.5) is 4.79 Å². The van der Waals surface area contributed by atoms with Crippen molar-refractivity contribution in [3.63, 3.8) is 0 Å². The van der Waals surface area contributed by atoms with Crippen LogP contribution >= 0.6 is 0 Å². The maximum Gasteiger partial charge on any atom is 0.427 e. The Hall–Kier alpha value is -3.80. The second-order valence-electron chi connectivity index (χ2n) is 10.2. The molecule has 0 spiro atoms. The van der Waals surface area contributed by atoms with Crippen LogP contribution in [-0.4, -0.2) is 56.2 Å². The van der Waals surface area contributed by atoms with Crippen molar-refractivity contribution < 1.29 is 37.4 Å². The standard InChI is InChI=1S/C30H36N2O8S/c1-21(2)19-32(41(35,36)26-13-14-28-29(18-26)39-20-38-28)40-30(34)31-27(22(3)33)17-24-9-11-25(12-10-24)37-16-15-23-7-5-4-6-8-23/h4-14,18,21-22,27,33H,15-17,19-20H2,1-3H3,(H,31,34). The zero-order valence-corrected chi connectivity index (χ0v) is 24.2. The van der Waals surface area contributed by atoms with E-state index in [0.29, 0.717) is 28.3 Å². The van der Waals surface area contributed by atoms with Crippen molar-refractivity contribution in [2.24, 2.45) is 5.92 Å². The molecule has 2 N–H and O–H groups in total. The second kappa shape index (κ2) is 13.7. The lowest BCUT2D eigenvalue weighted by Crippen LogP contribution is -2.47. The number of hydrogen-bond acceptors (Lipinski definition) is 8. The summed E-state index contributed by atoms with van der Waals surface area (Å²) in [4.78, 5) is 18.1. The first-order valence-electron chi connectivity index (χ1n) is 13.5. The van der Waals surface area contributed by atoms with E-state index >= 15 is 0 Å². The quantitative estimate of drug-likeness (QED) is 0.285. The van der Waals surface area contributed by atoms with Crippen molar-refractivity contribution in [2.45, 2.75) is 50.7 Å². The highest BCUT2D eigenvalue weighted by Crippen LogP contribution is 2.34. The number of aliphatic hydroxyl groups excluding tert-OH is 1. The third-order valence-corrected chi connectivity index (χ3v) is 7.99. The van der Waals surface area contributed by atoms with Crippen molar-refractivity contribution in [1.82, 2.24) is 9.79 Å². The van der Waals surface area contributed by atoms with Gasteiger partial charge in [-0.2, -0.15) is 0 Å². The van der Waals surface area contributed by atoms with Gasteiger partial charge in [-0.1, -0.05) is 56.3 Å². The summed E-state index contributed by atoms with van der Waals surface area (Å²) in [6.07, 6.45) is -0.859. The van der Waals surface area contributed by atoms with Gasteiger partial charge in [-0.3, -0.25) is 0 Å². The molecule has 41 heavy (non-hydrogen) atoms. The largest absolute Gasteiger partial charge is 0.493 e. The number of nitrogens with zero attached hydrogens (tertiary/aromatic N) is 1. The highest BCUT2D eigenvalue weighted by atomic mass is 32.2. The molecular formula is C30H36N2O8S. The Morgan fingerprint density at radius 2 is 1.68 bits per heavy atom. The van der Waals surface area contributed by atoms with E-state index in [2.05, 4.69) is 17.4 Å². The number of aliphatic hydroxyl groups is 1. The third kappa shape index (κ3) is 8.35. The Balaban J connectivity index is 1.36. The zero-order valence-electron chi connectivity index (χ0n) is 23.4. The van der Waals surface area contributed by atoms with Gasteiger partial charge in [-0.15, -0.1) is 0 Å². The second-order valence-corrected chi connectivity index (χ2v) is 12.0. The number of carbonyl (C=O) groups excluding carboxylic acids is 1. The van der Waals surface area contributed by atoms with Crippen LogP contribution in [0.2, 0.25) is 0 Å². The first-order chi connectivity index (χ1) is 19.6. The fraction of sp³-hybridized carbons (Fsp3) is 0.367. The number of hydroxylamine groups is 1. The van der Waals surface area contributed by atoms with E-state index in [1.165, 1.54) is 23.8 Å². The first-order valence-corrected chi connectivity index (χ1v) is 14.9. The number of ether oxygens (including phenoxy) is 3. The number of rotatable bonds is 13. The van der Waals surface area contributed by atoms with Crippen LogP contribution in [-0.2, 0) is 27.7 Å². The molecule has 0 bridgehead atoms. The lowest BCUT2D eigenvalue weighted by atomic mass is 10.0. The van der Waals surface area contributed by atoms with Crippen molar-refractivity contribution in [2.75, 3.05) is 19.9 Å². The summed E-state index contributed by atoms with van der Waals surface area (Å²) < 4.78 is 43.8. The van der Waals surface area contributed by atoms with Gasteiger partial charge in [-0.05, 0) is 59.1 Å². The van der Waals surface area contributed by atoms with E-state index in [4.69, 9.17) is 19.0 Å². The van der Waals surface area contributed by atoms with Crippen LogP contribution in [0, 0.1) is 5.92 Å². The minimum absolute atomic E-state index is 0.00179. The van der Waals surface area contributed by atoms with Gasteiger partial charge < -0.3 is 29.5 Å². The van der Waals surface area contributed by atoms with Crippen molar-refractivity contribution in [3.8, 4) is 17.2 Å². The minimum Gasteiger partial charge on any atom is -0.493 e. The number of hydrogen-bond donors (Lipinski definition) is 2. The molecular weight excluding hydrogens is 548 g/mol. The maximum absolute atomic E-state index is 13.4. The van der Waals surface area contributed by atoms with E-state index in [0.717, 1.165) is 12.0 Å². The number of fused-ring (bicyclic) bond motifs is 1. The Morgan fingerprint density at radius 1 is 0.976 bits per heavy atom. The van der Waals surface area contributed by atoms with Crippen molar-refractivity contribution in [3.05, 3.63) is 83.9 Å². The molecule has 1 aliphatic rings. The molecule has 3 aromatic carbocycles. The topological polar surface area (TPSA) is 124 Å². The van der Waals surface area contributed by atoms with Crippen LogP contribution < -0.4 is 19.5 Å². The van der Waals surface area contributed by atoms with E-state index < -0.39 is 28.3 Å². The average molecular weight is 585 g/mol. The molecule has 0 aliphatic carbocycles. The van der Waals surface area contributed by atoms with Crippen LogP contribution in [0.3, 0.4) is 0 Å². The molecule has 0 radical (unpaired) electrons. The van der Waals surface area contributed by atoms with Gasteiger partial charge in [0.15, 0.2) is 11.5 Å². The molecule has 10 nitrogen and oxygen atoms in total. The van der Waals surface area contributed by atoms with Gasteiger partial charge in [-0.25, -0.2) is 13.2 Å². The van der Waals surface area contributed by atoms with Crippen LogP contribution in [0.5, 0.6) is 17.2 Å². The summed E-state index contributed by atoms with van der Waals surface area (Å²) in [5.74, 6) is 1.29. The van der Waals surface area contributed by atoms with E-state index in [9.17, 15) is 18.3 Å². The number of carbonyl (C=O) groups is 1. The minimum atomic E-state index is -4.22. The van der Waals surface area contributed by atoms with Gasteiger partial charge >= 0.3 is 6.09 Å². The molecule has 2 unspecified atom stereocenters. The predicted molar refractivity (Wildman–Crippen MR) is 152 cm³/mol. The number of amides is 1. The summed E-state index contributed by atoms with van der Waals surface area (Å²) in [5.41, 5.74) is 2.04. The van der Waals surface area contributed by atoms with Crippen molar-refractivity contribution >= 4 is 16.1 Å². The molecule has 0 aromatic heterocycles. The van der Waals surface area contributed by atoms with Gasteiger partial charge in [0.25, 0.3) is 10.0 Å². The Labute approximate surface area is 240 Å². The first kappa shape index (κ1) is 30.2. The van der Waals surface area contributed by atoms with Gasteiger partial charge in [0, 0.05) is 12.5 Å². The molecule has 1 amide bonds. The van der Waals surface area contributed by atoms with E-state index in [1.54, 1.807) is 20.8 Å². The smallest absolute Gasteiger partial charge is 0.427 e. The molecule has 1 heterocycles. The summed E-state index contributed by atoms with van der Waals surface area (Å²) in [6.45, 7) is 5.61. The average Bonchev–Trinajstić information content (AvgIpc) is 3.42. The van der Waals surface area contributed by atoms with Crippen molar-refractivity contribution in [1.29, 1.82) is 0 Å². The predicted octanol–water partition coefficient (Wildman–Crippen LogP) is 4.32. The lowest BCUT2D eigenvalue weighted by Gasteiger charge is -2.25. The molecule has 220 valence electrons. The Kier molecular flexibility index (Phi) is 10.1. The number of benzene rings is 3. The molecule has 0 saturated carbocycles. The summed E-state index contributed by atoms with van der Waals surface area (Å²) in [6, 6.07) is 20.9. The van der Waals surface area contributed by atoms with E-state index in [1.807, 2.05) is 42.5 Å². The monoisotopic (exact) mass is 584 g/mol. The lowest BCUT2D eigenvalue weighted by molar-refractivity contribution is -0.0323. The van der Waals surface area contributed by atoms with Gasteiger partial charge in [0.05, 0.1) is 30.2 Å². The third-order valence-electron chi connectivity index (χ3n) is 6.38. The molecule has 2 atom stereocenters. The Morgan fingerprint density at radius 3 is 2.37 bits per heavy atom. The summed E-state index contributed by atoms with van der Waals surface area (Å²) in [5, 5.41) is 13.0.